The molecule has 1 atom stereocenters. The van der Waals surface area contributed by atoms with E-state index < -0.39 is 12.1 Å². The van der Waals surface area contributed by atoms with Gasteiger partial charge in [0, 0.05) is 29.4 Å². The van der Waals surface area contributed by atoms with Crippen LogP contribution in [0.5, 0.6) is 0 Å². The number of ether oxygens (including phenoxy) is 1. The van der Waals surface area contributed by atoms with Gasteiger partial charge in [-0.15, -0.1) is 10.2 Å². The molecule has 156 valence electrons. The summed E-state index contributed by atoms with van der Waals surface area (Å²) in [6.45, 7) is 1.34. The lowest BCUT2D eigenvalue weighted by Gasteiger charge is -2.34. The van der Waals surface area contributed by atoms with E-state index in [0.717, 1.165) is 27.8 Å². The summed E-state index contributed by atoms with van der Waals surface area (Å²) >= 11 is 12.3. The third-order valence-corrected chi connectivity index (χ3v) is 6.33. The zero-order valence-electron chi connectivity index (χ0n) is 16.4. The maximum absolute atomic E-state index is 11.6. The number of rotatable bonds is 4. The Balaban J connectivity index is 1.64. The normalized spacial score (nSPS) is 15.9. The zero-order valence-corrected chi connectivity index (χ0v) is 17.9. The number of fused-ring (bicyclic) bond motifs is 1. The van der Waals surface area contributed by atoms with Crippen LogP contribution < -0.4 is 4.90 Å². The Kier molecular flexibility index (Phi) is 6.09. The summed E-state index contributed by atoms with van der Waals surface area (Å²) < 4.78 is 4.66. The van der Waals surface area contributed by atoms with E-state index >= 15 is 0 Å². The molecule has 30 heavy (non-hydrogen) atoms. The van der Waals surface area contributed by atoms with Gasteiger partial charge >= 0.3 is 5.97 Å². The standard InChI is InChI=1S/C22H21Cl2N3O3/c1-30-22(29)20(28)13-8-10-27(11-9-13)21-16-5-3-2-4-15(16)19(25-26-21)14-6-7-17(23)18(24)12-14/h2-7,12-13,20,28H,8-11H2,1H3. The summed E-state index contributed by atoms with van der Waals surface area (Å²) in [6.07, 6.45) is 0.249. The van der Waals surface area contributed by atoms with Crippen LogP contribution in [0.15, 0.2) is 42.5 Å². The summed E-state index contributed by atoms with van der Waals surface area (Å²) in [4.78, 5) is 13.8. The second kappa shape index (κ2) is 8.76. The number of methoxy groups -OCH3 is 1. The van der Waals surface area contributed by atoms with Crippen LogP contribution in [0.4, 0.5) is 5.82 Å². The number of hydrogen-bond donors (Lipinski definition) is 1. The van der Waals surface area contributed by atoms with Crippen molar-refractivity contribution in [3.05, 3.63) is 52.5 Å². The van der Waals surface area contributed by atoms with Gasteiger partial charge < -0.3 is 14.7 Å². The number of anilines is 1. The van der Waals surface area contributed by atoms with Crippen LogP contribution in [0.3, 0.4) is 0 Å². The highest BCUT2D eigenvalue weighted by Gasteiger charge is 2.31. The van der Waals surface area contributed by atoms with Gasteiger partial charge in [-0.25, -0.2) is 4.79 Å². The number of halogens is 2. The highest BCUT2D eigenvalue weighted by atomic mass is 35.5. The second-order valence-corrected chi connectivity index (χ2v) is 8.15. The summed E-state index contributed by atoms with van der Waals surface area (Å²) in [7, 11) is 1.29. The summed E-state index contributed by atoms with van der Waals surface area (Å²) in [5.41, 5.74) is 1.59. The number of aliphatic hydroxyl groups excluding tert-OH is 1. The first-order chi connectivity index (χ1) is 14.5. The maximum Gasteiger partial charge on any atom is 0.334 e. The first kappa shape index (κ1) is 20.8. The van der Waals surface area contributed by atoms with Crippen molar-refractivity contribution in [2.75, 3.05) is 25.1 Å². The van der Waals surface area contributed by atoms with Gasteiger partial charge in [-0.2, -0.15) is 0 Å². The van der Waals surface area contributed by atoms with Gasteiger partial charge in [-0.1, -0.05) is 53.5 Å². The lowest BCUT2D eigenvalue weighted by Crippen LogP contribution is -2.41. The molecule has 1 fully saturated rings. The van der Waals surface area contributed by atoms with Crippen LogP contribution in [0, 0.1) is 5.92 Å². The van der Waals surface area contributed by atoms with E-state index in [9.17, 15) is 9.90 Å². The molecule has 0 amide bonds. The molecule has 0 radical (unpaired) electrons. The molecule has 3 aromatic rings. The molecule has 4 rings (SSSR count). The molecule has 0 aliphatic carbocycles. The Morgan fingerprint density at radius 1 is 1.10 bits per heavy atom. The fourth-order valence-corrected chi connectivity index (χ4v) is 4.22. The molecule has 1 aromatic heterocycles. The number of hydrogen-bond acceptors (Lipinski definition) is 6. The number of carbonyl (C=O) groups excluding carboxylic acids is 1. The average molecular weight is 446 g/mol. The number of aliphatic hydroxyl groups is 1. The van der Waals surface area contributed by atoms with E-state index in [0.29, 0.717) is 36.0 Å². The SMILES string of the molecule is COC(=O)C(O)C1CCN(c2nnc(-c3ccc(Cl)c(Cl)c3)c3ccccc23)CC1. The van der Waals surface area contributed by atoms with Crippen LogP contribution in [0.25, 0.3) is 22.0 Å². The fraction of sp³-hybridized carbons (Fsp3) is 0.318. The number of carbonyl (C=O) groups is 1. The smallest absolute Gasteiger partial charge is 0.334 e. The monoisotopic (exact) mass is 445 g/mol. The molecule has 1 N–H and O–H groups in total. The van der Waals surface area contributed by atoms with E-state index in [4.69, 9.17) is 23.2 Å². The largest absolute Gasteiger partial charge is 0.467 e. The highest BCUT2D eigenvalue weighted by Crippen LogP contribution is 2.35. The number of esters is 1. The quantitative estimate of drug-likeness (QED) is 0.601. The van der Waals surface area contributed by atoms with E-state index in [-0.39, 0.29) is 5.92 Å². The van der Waals surface area contributed by atoms with Crippen molar-refractivity contribution in [3.63, 3.8) is 0 Å². The molecular weight excluding hydrogens is 425 g/mol. The molecule has 1 aliphatic rings. The third-order valence-electron chi connectivity index (χ3n) is 5.59. The Morgan fingerprint density at radius 2 is 1.80 bits per heavy atom. The van der Waals surface area contributed by atoms with Gasteiger partial charge in [0.15, 0.2) is 11.9 Å². The summed E-state index contributed by atoms with van der Waals surface area (Å²) in [6, 6.07) is 13.4. The van der Waals surface area contributed by atoms with E-state index in [1.807, 2.05) is 30.3 Å². The number of aromatic nitrogens is 2. The van der Waals surface area contributed by atoms with Gasteiger partial charge in [-0.05, 0) is 30.9 Å². The van der Waals surface area contributed by atoms with Crippen molar-refractivity contribution in [1.29, 1.82) is 0 Å². The second-order valence-electron chi connectivity index (χ2n) is 7.34. The van der Waals surface area contributed by atoms with Crippen molar-refractivity contribution >= 4 is 45.8 Å². The van der Waals surface area contributed by atoms with Gasteiger partial charge in [0.1, 0.15) is 5.69 Å². The van der Waals surface area contributed by atoms with Gasteiger partial charge in [0.2, 0.25) is 0 Å². The Bertz CT molecular complexity index is 1080. The minimum atomic E-state index is -1.09. The molecule has 1 unspecified atom stereocenters. The van der Waals surface area contributed by atoms with Crippen molar-refractivity contribution in [3.8, 4) is 11.3 Å². The summed E-state index contributed by atoms with van der Waals surface area (Å²) in [5.74, 6) is 0.0912. The van der Waals surface area contributed by atoms with Crippen molar-refractivity contribution in [1.82, 2.24) is 10.2 Å². The van der Waals surface area contributed by atoms with E-state index in [2.05, 4.69) is 19.8 Å². The van der Waals surface area contributed by atoms with E-state index in [1.54, 1.807) is 12.1 Å². The molecule has 0 bridgehead atoms. The van der Waals surface area contributed by atoms with Crippen LogP contribution in [-0.2, 0) is 9.53 Å². The Morgan fingerprint density at radius 3 is 2.47 bits per heavy atom. The lowest BCUT2D eigenvalue weighted by atomic mass is 9.91. The number of piperidine rings is 1. The molecule has 8 heteroatoms. The minimum Gasteiger partial charge on any atom is -0.467 e. The highest BCUT2D eigenvalue weighted by molar-refractivity contribution is 6.42. The van der Waals surface area contributed by atoms with Crippen molar-refractivity contribution in [2.24, 2.45) is 5.92 Å². The van der Waals surface area contributed by atoms with Crippen LogP contribution in [0.1, 0.15) is 12.8 Å². The predicted octanol–water partition coefficient (Wildman–Crippen LogP) is 4.35. The minimum absolute atomic E-state index is 0.122. The molecule has 0 spiro atoms. The van der Waals surface area contributed by atoms with Gasteiger partial charge in [-0.3, -0.25) is 0 Å². The van der Waals surface area contributed by atoms with Crippen LogP contribution in [-0.4, -0.2) is 47.6 Å². The Hall–Kier alpha value is -2.41. The van der Waals surface area contributed by atoms with Crippen LogP contribution >= 0.6 is 23.2 Å². The molecule has 1 aliphatic heterocycles. The maximum atomic E-state index is 11.6. The Labute approximate surface area is 184 Å². The first-order valence-electron chi connectivity index (χ1n) is 9.71. The molecule has 0 saturated carbocycles. The lowest BCUT2D eigenvalue weighted by molar-refractivity contribution is -0.153. The van der Waals surface area contributed by atoms with Crippen molar-refractivity contribution in [2.45, 2.75) is 18.9 Å². The van der Waals surface area contributed by atoms with Crippen LogP contribution in [0.2, 0.25) is 10.0 Å². The van der Waals surface area contributed by atoms with E-state index in [1.165, 1.54) is 7.11 Å². The first-order valence-corrected chi connectivity index (χ1v) is 10.5. The summed E-state index contributed by atoms with van der Waals surface area (Å²) in [5, 5.41) is 22.1. The number of benzene rings is 2. The average Bonchev–Trinajstić information content (AvgIpc) is 2.79. The molecule has 2 heterocycles. The molecule has 1 saturated heterocycles. The molecule has 6 nitrogen and oxygen atoms in total. The van der Waals surface area contributed by atoms with Crippen molar-refractivity contribution < 1.29 is 14.6 Å². The third kappa shape index (κ3) is 3.95. The van der Waals surface area contributed by atoms with Gasteiger partial charge in [0.25, 0.3) is 0 Å². The fourth-order valence-electron chi connectivity index (χ4n) is 3.92. The zero-order chi connectivity index (χ0) is 21.3. The molecule has 2 aromatic carbocycles. The topological polar surface area (TPSA) is 75.6 Å². The molecular formula is C22H21Cl2N3O3. The number of nitrogens with zero attached hydrogens (tertiary/aromatic N) is 3. The predicted molar refractivity (Wildman–Crippen MR) is 118 cm³/mol. The van der Waals surface area contributed by atoms with Gasteiger partial charge in [0.05, 0.1) is 17.2 Å².